The SMILES string of the molecule is CCN(CC)C(=O)Oc1c(Br)cc(CC2(C)c3cc(C(=O)c4ccncc4)ccc3NC2O)cc1Br. The second-order valence-electron chi connectivity index (χ2n) is 8.90. The van der Waals surface area contributed by atoms with Crippen LogP contribution in [0.15, 0.2) is 63.8 Å². The molecule has 2 unspecified atom stereocenters. The quantitative estimate of drug-likeness (QED) is 0.320. The van der Waals surface area contributed by atoms with Gasteiger partial charge in [0, 0.05) is 47.7 Å². The number of anilines is 1. The summed E-state index contributed by atoms with van der Waals surface area (Å²) in [5, 5.41) is 14.1. The van der Waals surface area contributed by atoms with E-state index in [0.717, 1.165) is 16.8 Å². The molecule has 2 heterocycles. The first-order valence-corrected chi connectivity index (χ1v) is 13.2. The predicted molar refractivity (Wildman–Crippen MR) is 146 cm³/mol. The van der Waals surface area contributed by atoms with Crippen LogP contribution in [0.25, 0.3) is 0 Å². The van der Waals surface area contributed by atoms with Crippen LogP contribution in [0.2, 0.25) is 0 Å². The number of ether oxygens (including phenoxy) is 1. The highest BCUT2D eigenvalue weighted by Gasteiger charge is 2.43. The van der Waals surface area contributed by atoms with Gasteiger partial charge in [-0.1, -0.05) is 6.92 Å². The zero-order chi connectivity index (χ0) is 26.0. The van der Waals surface area contributed by atoms with Crippen molar-refractivity contribution in [3.63, 3.8) is 0 Å². The number of hydrogen-bond acceptors (Lipinski definition) is 6. The minimum absolute atomic E-state index is 0.103. The number of halogens is 2. The number of carbonyl (C=O) groups excluding carboxylic acids is 2. The van der Waals surface area contributed by atoms with Crippen molar-refractivity contribution in [1.29, 1.82) is 0 Å². The number of benzene rings is 2. The van der Waals surface area contributed by atoms with Gasteiger partial charge in [0.25, 0.3) is 0 Å². The minimum atomic E-state index is -0.850. The summed E-state index contributed by atoms with van der Waals surface area (Å²) in [4.78, 5) is 31.1. The van der Waals surface area contributed by atoms with E-state index in [1.165, 1.54) is 0 Å². The molecule has 4 rings (SSSR count). The van der Waals surface area contributed by atoms with Crippen molar-refractivity contribution in [2.45, 2.75) is 38.8 Å². The Kier molecular flexibility index (Phi) is 7.82. The largest absolute Gasteiger partial charge is 0.415 e. The van der Waals surface area contributed by atoms with E-state index < -0.39 is 17.7 Å². The van der Waals surface area contributed by atoms with E-state index in [0.29, 0.717) is 45.3 Å². The number of hydrogen-bond donors (Lipinski definition) is 2. The maximum absolute atomic E-state index is 13.0. The zero-order valence-electron chi connectivity index (χ0n) is 20.2. The number of carbonyl (C=O) groups is 2. The first-order valence-electron chi connectivity index (χ1n) is 11.7. The number of nitrogens with zero attached hydrogens (tertiary/aromatic N) is 2. The Morgan fingerprint density at radius 2 is 1.69 bits per heavy atom. The van der Waals surface area contributed by atoms with Crippen LogP contribution in [-0.4, -0.2) is 46.2 Å². The Hall–Kier alpha value is -2.75. The monoisotopic (exact) mass is 615 g/mol. The Morgan fingerprint density at radius 3 is 2.31 bits per heavy atom. The number of ketones is 1. The fourth-order valence-electron chi connectivity index (χ4n) is 4.47. The van der Waals surface area contributed by atoms with Gasteiger partial charge >= 0.3 is 6.09 Å². The Balaban J connectivity index is 1.63. The molecule has 1 aliphatic rings. The molecule has 2 aromatic carbocycles. The molecule has 3 aromatic rings. The molecule has 0 spiro atoms. The molecular weight excluding hydrogens is 590 g/mol. The molecule has 1 aliphatic heterocycles. The molecule has 7 nitrogen and oxygen atoms in total. The van der Waals surface area contributed by atoms with Crippen molar-refractivity contribution in [2.75, 3.05) is 18.4 Å². The third-order valence-electron chi connectivity index (χ3n) is 6.58. The number of fused-ring (bicyclic) bond motifs is 1. The summed E-state index contributed by atoms with van der Waals surface area (Å²) in [6.07, 6.45) is 2.39. The van der Waals surface area contributed by atoms with Crippen molar-refractivity contribution in [1.82, 2.24) is 9.88 Å². The second kappa shape index (κ2) is 10.7. The molecule has 0 aliphatic carbocycles. The van der Waals surface area contributed by atoms with E-state index in [1.54, 1.807) is 35.5 Å². The van der Waals surface area contributed by atoms with Crippen LogP contribution >= 0.6 is 31.9 Å². The van der Waals surface area contributed by atoms with Gasteiger partial charge < -0.3 is 20.1 Å². The summed E-state index contributed by atoms with van der Waals surface area (Å²) in [6, 6.07) is 12.6. The molecule has 0 saturated carbocycles. The lowest BCUT2D eigenvalue weighted by Gasteiger charge is -2.29. The summed E-state index contributed by atoms with van der Waals surface area (Å²) in [7, 11) is 0. The highest BCUT2D eigenvalue weighted by molar-refractivity contribution is 9.11. The number of rotatable bonds is 7. The lowest BCUT2D eigenvalue weighted by Crippen LogP contribution is -2.38. The fourth-order valence-corrected chi connectivity index (χ4v) is 5.91. The van der Waals surface area contributed by atoms with E-state index >= 15 is 0 Å². The fraction of sp³-hybridized carbons (Fsp3) is 0.296. The van der Waals surface area contributed by atoms with Gasteiger partial charge in [-0.2, -0.15) is 0 Å². The van der Waals surface area contributed by atoms with E-state index in [-0.39, 0.29) is 5.78 Å². The van der Waals surface area contributed by atoms with E-state index in [1.807, 2.05) is 45.0 Å². The van der Waals surface area contributed by atoms with Crippen LogP contribution < -0.4 is 10.1 Å². The molecule has 0 bridgehead atoms. The molecule has 9 heteroatoms. The molecular formula is C27H27Br2N3O4. The minimum Gasteiger partial charge on any atom is -0.408 e. The molecule has 2 atom stereocenters. The van der Waals surface area contributed by atoms with Crippen LogP contribution in [0, 0.1) is 0 Å². The number of aliphatic hydroxyl groups is 1. The molecule has 36 heavy (non-hydrogen) atoms. The van der Waals surface area contributed by atoms with Crippen LogP contribution in [0.1, 0.15) is 47.8 Å². The van der Waals surface area contributed by atoms with Crippen LogP contribution in [0.3, 0.4) is 0 Å². The standard InChI is InChI=1S/C27H27Br2N3O4/c1-4-32(5-2)26(35)36-24-20(28)12-16(13-21(24)29)15-27(3)19-14-18(6-7-22(19)31-25(27)34)23(33)17-8-10-30-11-9-17/h6-14,25,31,34H,4-5,15H2,1-3H3. The summed E-state index contributed by atoms with van der Waals surface area (Å²) >= 11 is 7.07. The first-order chi connectivity index (χ1) is 17.2. The summed E-state index contributed by atoms with van der Waals surface area (Å²) in [6.45, 7) is 6.86. The first kappa shape index (κ1) is 26.3. The van der Waals surface area contributed by atoms with E-state index in [4.69, 9.17) is 4.74 Å². The third-order valence-corrected chi connectivity index (χ3v) is 7.75. The average molecular weight is 617 g/mol. The highest BCUT2D eigenvalue weighted by atomic mass is 79.9. The molecule has 1 aromatic heterocycles. The summed E-state index contributed by atoms with van der Waals surface area (Å²) in [5.41, 5.74) is 2.96. The Morgan fingerprint density at radius 1 is 1.06 bits per heavy atom. The van der Waals surface area contributed by atoms with Gasteiger partial charge in [0.1, 0.15) is 6.23 Å². The Bertz CT molecular complexity index is 1270. The summed E-state index contributed by atoms with van der Waals surface area (Å²) < 4.78 is 6.87. The van der Waals surface area contributed by atoms with Gasteiger partial charge in [0.05, 0.1) is 8.95 Å². The third kappa shape index (κ3) is 5.05. The van der Waals surface area contributed by atoms with Crippen LogP contribution in [0.4, 0.5) is 10.5 Å². The predicted octanol–water partition coefficient (Wildman–Crippen LogP) is 5.92. The van der Waals surface area contributed by atoms with E-state index in [2.05, 4.69) is 42.2 Å². The molecule has 0 radical (unpaired) electrons. The number of amides is 1. The number of aromatic nitrogens is 1. The van der Waals surface area contributed by atoms with Crippen molar-refractivity contribution in [3.8, 4) is 5.75 Å². The van der Waals surface area contributed by atoms with Gasteiger partial charge in [-0.15, -0.1) is 0 Å². The smallest absolute Gasteiger partial charge is 0.408 e. The van der Waals surface area contributed by atoms with Gasteiger partial charge in [-0.05, 0) is 106 Å². The summed E-state index contributed by atoms with van der Waals surface area (Å²) in [5.74, 6) is 0.297. The second-order valence-corrected chi connectivity index (χ2v) is 10.6. The topological polar surface area (TPSA) is 91.8 Å². The Labute approximate surface area is 227 Å². The van der Waals surface area contributed by atoms with Crippen LogP contribution in [-0.2, 0) is 11.8 Å². The molecule has 0 saturated heterocycles. The number of pyridine rings is 1. The highest BCUT2D eigenvalue weighted by Crippen LogP contribution is 2.44. The normalized spacial score (nSPS) is 18.3. The number of nitrogens with one attached hydrogen (secondary N) is 1. The maximum Gasteiger partial charge on any atom is 0.415 e. The van der Waals surface area contributed by atoms with Gasteiger partial charge in [-0.3, -0.25) is 9.78 Å². The van der Waals surface area contributed by atoms with Gasteiger partial charge in [-0.25, -0.2) is 4.79 Å². The molecule has 188 valence electrons. The molecule has 1 amide bonds. The van der Waals surface area contributed by atoms with Crippen molar-refractivity contribution in [2.24, 2.45) is 0 Å². The van der Waals surface area contributed by atoms with Gasteiger partial charge in [0.2, 0.25) is 0 Å². The molecule has 0 fully saturated rings. The van der Waals surface area contributed by atoms with Crippen molar-refractivity contribution < 1.29 is 19.4 Å². The lowest BCUT2D eigenvalue weighted by molar-refractivity contribution is 0.103. The van der Waals surface area contributed by atoms with E-state index in [9.17, 15) is 14.7 Å². The van der Waals surface area contributed by atoms with Crippen LogP contribution in [0.5, 0.6) is 5.75 Å². The lowest BCUT2D eigenvalue weighted by atomic mass is 9.77. The van der Waals surface area contributed by atoms with Crippen molar-refractivity contribution >= 4 is 49.4 Å². The van der Waals surface area contributed by atoms with Gasteiger partial charge in [0.15, 0.2) is 11.5 Å². The average Bonchev–Trinajstić information content (AvgIpc) is 3.11. The molecule has 2 N–H and O–H groups in total. The maximum atomic E-state index is 13.0. The van der Waals surface area contributed by atoms with Crippen molar-refractivity contribution in [3.05, 3.63) is 86.1 Å². The number of aliphatic hydroxyl groups excluding tert-OH is 1. The zero-order valence-corrected chi connectivity index (χ0v) is 23.4.